The van der Waals surface area contributed by atoms with Crippen LogP contribution in [0.25, 0.3) is 0 Å². The van der Waals surface area contributed by atoms with Crippen molar-refractivity contribution in [1.82, 2.24) is 10.6 Å². The Kier molecular flexibility index (Phi) is 9.90. The van der Waals surface area contributed by atoms with Crippen molar-refractivity contribution in [3.63, 3.8) is 0 Å². The number of esters is 1. The van der Waals surface area contributed by atoms with Crippen LogP contribution in [0.1, 0.15) is 27.9 Å². The van der Waals surface area contributed by atoms with Gasteiger partial charge in [-0.3, -0.25) is 0 Å². The number of carbonyl (C=O) groups excluding carboxylic acids is 3. The van der Waals surface area contributed by atoms with E-state index >= 15 is 0 Å². The molecule has 0 radical (unpaired) electrons. The third-order valence-corrected chi connectivity index (χ3v) is 3.87. The van der Waals surface area contributed by atoms with Crippen LogP contribution in [0.4, 0.5) is 9.59 Å². The lowest BCUT2D eigenvalue weighted by Crippen LogP contribution is -2.26. The Bertz CT molecular complexity index is 911. The number of ether oxygens (including phenoxy) is 3. The van der Waals surface area contributed by atoms with E-state index in [2.05, 4.69) is 10.6 Å². The van der Waals surface area contributed by atoms with Crippen LogP contribution in [0, 0.1) is 11.3 Å². The zero-order valence-electron chi connectivity index (χ0n) is 16.8. The van der Waals surface area contributed by atoms with E-state index in [0.717, 1.165) is 11.1 Å². The van der Waals surface area contributed by atoms with Crippen LogP contribution in [-0.4, -0.2) is 38.0 Å². The van der Waals surface area contributed by atoms with Crippen molar-refractivity contribution in [1.29, 1.82) is 5.26 Å². The normalized spacial score (nSPS) is 9.77. The molecule has 9 nitrogen and oxygen atoms in total. The number of nitrogens with one attached hydrogen (secondary N) is 2. The molecule has 0 saturated heterocycles. The maximum absolute atomic E-state index is 11.8. The third-order valence-electron chi connectivity index (χ3n) is 3.87. The number of rotatable bonds is 10. The second kappa shape index (κ2) is 13.2. The van der Waals surface area contributed by atoms with Crippen LogP contribution in [0.15, 0.2) is 54.6 Å². The molecule has 0 bridgehead atoms. The minimum atomic E-state index is -0.639. The van der Waals surface area contributed by atoms with Crippen LogP contribution in [0.2, 0.25) is 0 Å². The van der Waals surface area contributed by atoms with Crippen molar-refractivity contribution in [3.05, 3.63) is 71.3 Å². The first-order valence-corrected chi connectivity index (χ1v) is 9.56. The van der Waals surface area contributed by atoms with Gasteiger partial charge in [-0.15, -0.1) is 0 Å². The van der Waals surface area contributed by atoms with Crippen LogP contribution < -0.4 is 10.6 Å². The van der Waals surface area contributed by atoms with Crippen LogP contribution in [-0.2, 0) is 27.3 Å². The second-order valence-electron chi connectivity index (χ2n) is 6.21. The van der Waals surface area contributed by atoms with Gasteiger partial charge in [-0.25, -0.2) is 14.4 Å². The number of alkyl carbamates (subject to hydrolysis) is 2. The Labute approximate surface area is 179 Å². The predicted molar refractivity (Wildman–Crippen MR) is 110 cm³/mol. The summed E-state index contributed by atoms with van der Waals surface area (Å²) >= 11 is 0. The van der Waals surface area contributed by atoms with E-state index in [0.29, 0.717) is 5.56 Å². The summed E-state index contributed by atoms with van der Waals surface area (Å²) in [6.45, 7) is 0.397. The number of carbonyl (C=O) groups is 3. The van der Waals surface area contributed by atoms with Crippen molar-refractivity contribution in [2.45, 2.75) is 19.5 Å². The number of hydrogen-bond donors (Lipinski definition) is 2. The standard InChI is InChI=1S/C22H23N3O6/c23-10-5-11-30-21(27)24-15-17-6-4-7-18(14-17)16-25-22(28)31-13-12-29-20(26)19-8-2-1-3-9-19/h1-4,6-9,14H,5,11-13,15-16H2,(H,24,27)(H,25,28). The van der Waals surface area contributed by atoms with Gasteiger partial charge in [-0.1, -0.05) is 42.5 Å². The predicted octanol–water partition coefficient (Wildman–Crippen LogP) is 2.91. The SMILES string of the molecule is N#CCCOC(=O)NCc1cccc(CNC(=O)OCCOC(=O)c2ccccc2)c1. The first-order chi connectivity index (χ1) is 15.1. The average Bonchev–Trinajstić information content (AvgIpc) is 2.80. The van der Waals surface area contributed by atoms with Gasteiger partial charge in [0.15, 0.2) is 0 Å². The summed E-state index contributed by atoms with van der Waals surface area (Å²) in [6, 6.07) is 17.7. The van der Waals surface area contributed by atoms with Crippen molar-refractivity contribution in [3.8, 4) is 6.07 Å². The molecule has 0 unspecified atom stereocenters. The monoisotopic (exact) mass is 425 g/mol. The fourth-order valence-corrected chi connectivity index (χ4v) is 2.42. The quantitative estimate of drug-likeness (QED) is 0.340. The molecule has 0 spiro atoms. The Balaban J connectivity index is 1.64. The van der Waals surface area contributed by atoms with Crippen molar-refractivity contribution in [2.75, 3.05) is 19.8 Å². The van der Waals surface area contributed by atoms with Gasteiger partial charge in [0.2, 0.25) is 0 Å². The fraction of sp³-hybridized carbons (Fsp3) is 0.273. The molecule has 0 atom stereocenters. The Morgan fingerprint density at radius 3 is 1.97 bits per heavy atom. The molecule has 2 aromatic carbocycles. The van der Waals surface area contributed by atoms with Gasteiger partial charge in [0, 0.05) is 13.1 Å². The molecule has 0 aliphatic carbocycles. The first-order valence-electron chi connectivity index (χ1n) is 9.56. The van der Waals surface area contributed by atoms with Gasteiger partial charge in [0.25, 0.3) is 0 Å². The minimum Gasteiger partial charge on any atom is -0.458 e. The lowest BCUT2D eigenvalue weighted by atomic mass is 10.1. The summed E-state index contributed by atoms with van der Waals surface area (Å²) < 4.78 is 14.8. The van der Waals surface area contributed by atoms with Gasteiger partial charge in [0.05, 0.1) is 18.1 Å². The molecule has 0 saturated carbocycles. The highest BCUT2D eigenvalue weighted by atomic mass is 16.6. The zero-order valence-corrected chi connectivity index (χ0v) is 16.8. The molecule has 2 amide bonds. The topological polar surface area (TPSA) is 127 Å². The number of benzene rings is 2. The fourth-order valence-electron chi connectivity index (χ4n) is 2.42. The highest BCUT2D eigenvalue weighted by Gasteiger charge is 2.07. The second-order valence-corrected chi connectivity index (χ2v) is 6.21. The van der Waals surface area contributed by atoms with Gasteiger partial charge < -0.3 is 24.8 Å². The van der Waals surface area contributed by atoms with Crippen LogP contribution >= 0.6 is 0 Å². The lowest BCUT2D eigenvalue weighted by molar-refractivity contribution is 0.0400. The molecule has 0 fully saturated rings. The number of hydrogen-bond acceptors (Lipinski definition) is 7. The zero-order chi connectivity index (χ0) is 22.3. The van der Waals surface area contributed by atoms with E-state index in [-0.39, 0.29) is 39.3 Å². The molecule has 2 rings (SSSR count). The number of amides is 2. The molecule has 0 heterocycles. The van der Waals surface area contributed by atoms with Crippen LogP contribution in [0.5, 0.6) is 0 Å². The summed E-state index contributed by atoms with van der Waals surface area (Å²) in [5.74, 6) is -0.482. The maximum Gasteiger partial charge on any atom is 0.407 e. The summed E-state index contributed by atoms with van der Waals surface area (Å²) in [6.07, 6.45) is -1.10. The maximum atomic E-state index is 11.8. The van der Waals surface area contributed by atoms with Crippen molar-refractivity contribution < 1.29 is 28.6 Å². The molecule has 162 valence electrons. The van der Waals surface area contributed by atoms with Gasteiger partial charge in [0.1, 0.15) is 19.8 Å². The molecular weight excluding hydrogens is 402 g/mol. The van der Waals surface area contributed by atoms with E-state index in [9.17, 15) is 14.4 Å². The summed E-state index contributed by atoms with van der Waals surface area (Å²) in [4.78, 5) is 35.0. The number of nitrogens with zero attached hydrogens (tertiary/aromatic N) is 1. The Morgan fingerprint density at radius 2 is 1.35 bits per heavy atom. The van der Waals surface area contributed by atoms with Gasteiger partial charge in [-0.2, -0.15) is 5.26 Å². The molecule has 0 aromatic heterocycles. The van der Waals surface area contributed by atoms with Gasteiger partial charge >= 0.3 is 18.2 Å². The third kappa shape index (κ3) is 9.32. The molecule has 9 heteroatoms. The Morgan fingerprint density at radius 1 is 0.774 bits per heavy atom. The Hall–Kier alpha value is -4.06. The first kappa shape index (κ1) is 23.2. The van der Waals surface area contributed by atoms with Gasteiger partial charge in [-0.05, 0) is 23.3 Å². The highest BCUT2D eigenvalue weighted by Crippen LogP contribution is 2.05. The summed E-state index contributed by atoms with van der Waals surface area (Å²) in [5.41, 5.74) is 2.05. The van der Waals surface area contributed by atoms with E-state index in [1.807, 2.05) is 24.3 Å². The molecule has 0 aliphatic heterocycles. The summed E-state index contributed by atoms with van der Waals surface area (Å²) in [5, 5.41) is 13.6. The van der Waals surface area contributed by atoms with E-state index in [1.54, 1.807) is 36.4 Å². The van der Waals surface area contributed by atoms with E-state index in [1.165, 1.54) is 0 Å². The summed E-state index contributed by atoms with van der Waals surface area (Å²) in [7, 11) is 0. The molecule has 0 aliphatic rings. The largest absolute Gasteiger partial charge is 0.458 e. The van der Waals surface area contributed by atoms with Crippen molar-refractivity contribution >= 4 is 18.2 Å². The molecule has 2 aromatic rings. The van der Waals surface area contributed by atoms with Crippen molar-refractivity contribution in [2.24, 2.45) is 0 Å². The smallest absolute Gasteiger partial charge is 0.407 e. The number of nitriles is 1. The van der Waals surface area contributed by atoms with E-state index in [4.69, 9.17) is 19.5 Å². The average molecular weight is 425 g/mol. The molecule has 2 N–H and O–H groups in total. The van der Waals surface area contributed by atoms with Crippen LogP contribution in [0.3, 0.4) is 0 Å². The minimum absolute atomic E-state index is 0.0415. The molecular formula is C22H23N3O6. The molecule has 31 heavy (non-hydrogen) atoms. The van der Waals surface area contributed by atoms with E-state index < -0.39 is 18.2 Å². The highest BCUT2D eigenvalue weighted by molar-refractivity contribution is 5.89. The lowest BCUT2D eigenvalue weighted by Gasteiger charge is -2.10.